The third kappa shape index (κ3) is 6.79. The Morgan fingerprint density at radius 1 is 1.03 bits per heavy atom. The zero-order valence-corrected chi connectivity index (χ0v) is 18.2. The van der Waals surface area contributed by atoms with Gasteiger partial charge in [-0.1, -0.05) is 38.1 Å². The molecule has 1 atom stereocenters. The highest BCUT2D eigenvalue weighted by atomic mass is 16.5. The Hall–Kier alpha value is -3.02. The van der Waals surface area contributed by atoms with Crippen molar-refractivity contribution in [2.24, 2.45) is 5.92 Å². The minimum Gasteiger partial charge on any atom is -0.497 e. The van der Waals surface area contributed by atoms with Gasteiger partial charge in [0, 0.05) is 13.0 Å². The minimum atomic E-state index is -0.197. The maximum atomic E-state index is 12.4. The van der Waals surface area contributed by atoms with Crippen molar-refractivity contribution in [2.75, 3.05) is 20.3 Å². The largest absolute Gasteiger partial charge is 0.497 e. The summed E-state index contributed by atoms with van der Waals surface area (Å²) in [6.07, 6.45) is 0.897. The predicted octanol–water partition coefficient (Wildman–Crippen LogP) is 4.12. The van der Waals surface area contributed by atoms with Crippen molar-refractivity contribution in [3.8, 4) is 11.5 Å². The van der Waals surface area contributed by atoms with Crippen LogP contribution in [0.2, 0.25) is 0 Å². The number of amides is 2. The Morgan fingerprint density at radius 2 is 1.73 bits per heavy atom. The molecule has 0 fully saturated rings. The number of para-hydroxylation sites is 1. The van der Waals surface area contributed by atoms with Gasteiger partial charge in [0.05, 0.1) is 25.3 Å². The van der Waals surface area contributed by atoms with Gasteiger partial charge in [0.2, 0.25) is 5.91 Å². The van der Waals surface area contributed by atoms with Crippen LogP contribution in [0.1, 0.15) is 55.6 Å². The van der Waals surface area contributed by atoms with Crippen LogP contribution in [0.4, 0.5) is 0 Å². The van der Waals surface area contributed by atoms with Crippen molar-refractivity contribution in [1.82, 2.24) is 10.6 Å². The number of rotatable bonds is 11. The quantitative estimate of drug-likeness (QED) is 0.545. The molecule has 2 aromatic carbocycles. The molecule has 0 saturated carbocycles. The van der Waals surface area contributed by atoms with Gasteiger partial charge in [-0.15, -0.1) is 0 Å². The average Bonchev–Trinajstić information content (AvgIpc) is 2.75. The normalized spacial score (nSPS) is 11.6. The summed E-state index contributed by atoms with van der Waals surface area (Å²) in [6.45, 7) is 6.94. The highest BCUT2D eigenvalue weighted by molar-refractivity contribution is 5.96. The van der Waals surface area contributed by atoms with E-state index in [0.717, 1.165) is 11.3 Å². The van der Waals surface area contributed by atoms with Crippen molar-refractivity contribution in [2.45, 2.75) is 39.7 Å². The van der Waals surface area contributed by atoms with E-state index in [2.05, 4.69) is 24.5 Å². The fourth-order valence-electron chi connectivity index (χ4n) is 3.17. The maximum Gasteiger partial charge on any atom is 0.255 e. The standard InChI is InChI=1S/C24H32N2O4/c1-5-30-21-10-7-6-9-20(21)24(28)25-16-8-11-22(27)26-23(17(2)3)18-12-14-19(29-4)15-13-18/h6-7,9-10,12-15,17,23H,5,8,11,16H2,1-4H3,(H,25,28)(H,26,27). The van der Waals surface area contributed by atoms with Gasteiger partial charge >= 0.3 is 0 Å². The number of ether oxygens (including phenoxy) is 2. The second-order valence-corrected chi connectivity index (χ2v) is 7.35. The molecule has 30 heavy (non-hydrogen) atoms. The molecule has 2 N–H and O–H groups in total. The van der Waals surface area contributed by atoms with E-state index in [4.69, 9.17) is 9.47 Å². The molecule has 6 heteroatoms. The molecule has 2 aromatic rings. The van der Waals surface area contributed by atoms with Crippen LogP contribution in [-0.2, 0) is 4.79 Å². The van der Waals surface area contributed by atoms with Crippen LogP contribution >= 0.6 is 0 Å². The number of hydrogen-bond donors (Lipinski definition) is 2. The molecule has 0 aromatic heterocycles. The first kappa shape index (κ1) is 23.3. The Morgan fingerprint density at radius 3 is 2.37 bits per heavy atom. The third-order valence-electron chi connectivity index (χ3n) is 4.76. The monoisotopic (exact) mass is 412 g/mol. The summed E-state index contributed by atoms with van der Waals surface area (Å²) in [6, 6.07) is 14.8. The molecule has 0 saturated heterocycles. The van der Waals surface area contributed by atoms with Gasteiger partial charge in [0.1, 0.15) is 11.5 Å². The number of hydrogen-bond acceptors (Lipinski definition) is 4. The summed E-state index contributed by atoms with van der Waals surface area (Å²) >= 11 is 0. The van der Waals surface area contributed by atoms with Crippen LogP contribution in [0.25, 0.3) is 0 Å². The number of nitrogens with one attached hydrogen (secondary N) is 2. The average molecular weight is 413 g/mol. The zero-order chi connectivity index (χ0) is 21.9. The first-order chi connectivity index (χ1) is 14.5. The second-order valence-electron chi connectivity index (χ2n) is 7.35. The fourth-order valence-corrected chi connectivity index (χ4v) is 3.17. The van der Waals surface area contributed by atoms with Crippen molar-refractivity contribution < 1.29 is 19.1 Å². The van der Waals surface area contributed by atoms with E-state index < -0.39 is 0 Å². The van der Waals surface area contributed by atoms with E-state index in [9.17, 15) is 9.59 Å². The molecule has 0 spiro atoms. The Labute approximate surface area is 179 Å². The van der Waals surface area contributed by atoms with Gasteiger partial charge in [-0.2, -0.15) is 0 Å². The topological polar surface area (TPSA) is 76.7 Å². The molecule has 0 radical (unpaired) electrons. The van der Waals surface area contributed by atoms with Crippen LogP contribution in [0.5, 0.6) is 11.5 Å². The molecule has 1 unspecified atom stereocenters. The fraction of sp³-hybridized carbons (Fsp3) is 0.417. The SMILES string of the molecule is CCOc1ccccc1C(=O)NCCCC(=O)NC(c1ccc(OC)cc1)C(C)C. The summed E-state index contributed by atoms with van der Waals surface area (Å²) in [5.41, 5.74) is 1.54. The molecule has 2 rings (SSSR count). The molecular formula is C24H32N2O4. The summed E-state index contributed by atoms with van der Waals surface area (Å²) in [5.74, 6) is 1.37. The van der Waals surface area contributed by atoms with E-state index in [1.807, 2.05) is 37.3 Å². The van der Waals surface area contributed by atoms with Gasteiger partial charge in [0.15, 0.2) is 0 Å². The lowest BCUT2D eigenvalue weighted by Gasteiger charge is -2.23. The van der Waals surface area contributed by atoms with Crippen molar-refractivity contribution >= 4 is 11.8 Å². The highest BCUT2D eigenvalue weighted by Crippen LogP contribution is 2.24. The lowest BCUT2D eigenvalue weighted by molar-refractivity contribution is -0.122. The smallest absolute Gasteiger partial charge is 0.255 e. The number of methoxy groups -OCH3 is 1. The number of carbonyl (C=O) groups excluding carboxylic acids is 2. The van der Waals surface area contributed by atoms with E-state index in [0.29, 0.717) is 37.3 Å². The zero-order valence-electron chi connectivity index (χ0n) is 18.2. The van der Waals surface area contributed by atoms with Gasteiger partial charge in [-0.25, -0.2) is 0 Å². The first-order valence-corrected chi connectivity index (χ1v) is 10.4. The number of carbonyl (C=O) groups is 2. The summed E-state index contributed by atoms with van der Waals surface area (Å²) in [7, 11) is 1.63. The predicted molar refractivity (Wildman–Crippen MR) is 118 cm³/mol. The Balaban J connectivity index is 1.82. The molecule has 0 aliphatic rings. The Bertz CT molecular complexity index is 818. The van der Waals surface area contributed by atoms with E-state index in [1.165, 1.54) is 0 Å². The van der Waals surface area contributed by atoms with Crippen LogP contribution in [0, 0.1) is 5.92 Å². The molecule has 2 amide bonds. The van der Waals surface area contributed by atoms with E-state index >= 15 is 0 Å². The van der Waals surface area contributed by atoms with Gasteiger partial charge in [0.25, 0.3) is 5.91 Å². The second kappa shape index (κ2) is 11.9. The summed E-state index contributed by atoms with van der Waals surface area (Å²) < 4.78 is 10.7. The van der Waals surface area contributed by atoms with Crippen LogP contribution in [0.3, 0.4) is 0 Å². The molecular weight excluding hydrogens is 380 g/mol. The molecule has 0 bridgehead atoms. The van der Waals surface area contributed by atoms with Crippen LogP contribution in [0.15, 0.2) is 48.5 Å². The van der Waals surface area contributed by atoms with Crippen LogP contribution < -0.4 is 20.1 Å². The van der Waals surface area contributed by atoms with Gasteiger partial charge in [-0.3, -0.25) is 9.59 Å². The molecule has 0 aliphatic carbocycles. The van der Waals surface area contributed by atoms with Crippen molar-refractivity contribution in [3.63, 3.8) is 0 Å². The lowest BCUT2D eigenvalue weighted by atomic mass is 9.95. The third-order valence-corrected chi connectivity index (χ3v) is 4.76. The van der Waals surface area contributed by atoms with Crippen molar-refractivity contribution in [1.29, 1.82) is 0 Å². The van der Waals surface area contributed by atoms with Crippen molar-refractivity contribution in [3.05, 3.63) is 59.7 Å². The Kier molecular flexibility index (Phi) is 9.19. The lowest BCUT2D eigenvalue weighted by Crippen LogP contribution is -2.32. The molecule has 0 aliphatic heterocycles. The summed E-state index contributed by atoms with van der Waals surface area (Å²) in [4.78, 5) is 24.8. The molecule has 0 heterocycles. The minimum absolute atomic E-state index is 0.0338. The van der Waals surface area contributed by atoms with Gasteiger partial charge < -0.3 is 20.1 Å². The summed E-state index contributed by atoms with van der Waals surface area (Å²) in [5, 5.41) is 5.96. The van der Waals surface area contributed by atoms with Gasteiger partial charge in [-0.05, 0) is 49.1 Å². The maximum absolute atomic E-state index is 12.4. The highest BCUT2D eigenvalue weighted by Gasteiger charge is 2.18. The molecule has 6 nitrogen and oxygen atoms in total. The van der Waals surface area contributed by atoms with Crippen LogP contribution in [-0.4, -0.2) is 32.1 Å². The van der Waals surface area contributed by atoms with E-state index in [-0.39, 0.29) is 23.8 Å². The van der Waals surface area contributed by atoms with E-state index in [1.54, 1.807) is 25.3 Å². The molecule has 162 valence electrons. The number of benzene rings is 2. The first-order valence-electron chi connectivity index (χ1n) is 10.4.